The molecule has 0 atom stereocenters. The van der Waals surface area contributed by atoms with Gasteiger partial charge in [-0.2, -0.15) is 10.4 Å². The van der Waals surface area contributed by atoms with Gasteiger partial charge < -0.3 is 11.1 Å². The summed E-state index contributed by atoms with van der Waals surface area (Å²) in [6.45, 7) is 4.60. The van der Waals surface area contributed by atoms with Gasteiger partial charge >= 0.3 is 0 Å². The Morgan fingerprint density at radius 3 is 2.67 bits per heavy atom. The molecule has 0 unspecified atom stereocenters. The SMILES string of the molecule is CCc1nnc(NCc2cccc(N)c2)c(C#N)c1CC. The largest absolute Gasteiger partial charge is 0.399 e. The zero-order valence-electron chi connectivity index (χ0n) is 12.3. The number of benzene rings is 1. The molecule has 1 aromatic carbocycles. The molecule has 3 N–H and O–H groups in total. The zero-order chi connectivity index (χ0) is 15.2. The van der Waals surface area contributed by atoms with Gasteiger partial charge in [0.15, 0.2) is 5.82 Å². The lowest BCUT2D eigenvalue weighted by atomic mass is 10.0. The zero-order valence-corrected chi connectivity index (χ0v) is 12.3. The van der Waals surface area contributed by atoms with E-state index in [9.17, 15) is 5.26 Å². The van der Waals surface area contributed by atoms with E-state index < -0.39 is 0 Å². The summed E-state index contributed by atoms with van der Waals surface area (Å²) in [5, 5.41) is 21.0. The van der Waals surface area contributed by atoms with Gasteiger partial charge in [-0.05, 0) is 36.1 Å². The monoisotopic (exact) mass is 281 g/mol. The molecule has 108 valence electrons. The van der Waals surface area contributed by atoms with Crippen LogP contribution in [-0.2, 0) is 19.4 Å². The first-order valence-corrected chi connectivity index (χ1v) is 7.06. The second kappa shape index (κ2) is 6.71. The van der Waals surface area contributed by atoms with Crippen molar-refractivity contribution in [3.05, 3.63) is 46.6 Å². The summed E-state index contributed by atoms with van der Waals surface area (Å²) < 4.78 is 0. The van der Waals surface area contributed by atoms with Gasteiger partial charge in [0.25, 0.3) is 0 Å². The Labute approximate surface area is 124 Å². The van der Waals surface area contributed by atoms with Crippen LogP contribution in [0.5, 0.6) is 0 Å². The number of anilines is 2. The second-order valence-corrected chi connectivity index (χ2v) is 4.77. The molecule has 0 saturated carbocycles. The number of nitrogens with zero attached hydrogens (tertiary/aromatic N) is 3. The molecule has 0 aliphatic rings. The Bertz CT molecular complexity index is 673. The van der Waals surface area contributed by atoms with E-state index in [-0.39, 0.29) is 0 Å². The van der Waals surface area contributed by atoms with Crippen molar-refractivity contribution in [3.63, 3.8) is 0 Å². The number of hydrogen-bond donors (Lipinski definition) is 2. The number of nitrogens with two attached hydrogens (primary N) is 1. The lowest BCUT2D eigenvalue weighted by molar-refractivity contribution is 0.869. The second-order valence-electron chi connectivity index (χ2n) is 4.77. The van der Waals surface area contributed by atoms with Crippen LogP contribution in [0.15, 0.2) is 24.3 Å². The highest BCUT2D eigenvalue weighted by atomic mass is 15.2. The summed E-state index contributed by atoms with van der Waals surface area (Å²) in [6, 6.07) is 9.87. The minimum atomic E-state index is 0.536. The molecule has 0 radical (unpaired) electrons. The molecule has 2 aromatic rings. The smallest absolute Gasteiger partial charge is 0.167 e. The van der Waals surface area contributed by atoms with Crippen LogP contribution in [0.1, 0.15) is 36.2 Å². The lowest BCUT2D eigenvalue weighted by Crippen LogP contribution is -2.10. The fourth-order valence-electron chi connectivity index (χ4n) is 2.31. The van der Waals surface area contributed by atoms with Crippen LogP contribution in [0, 0.1) is 11.3 Å². The summed E-state index contributed by atoms with van der Waals surface area (Å²) in [5.41, 5.74) is 9.98. The number of nitriles is 1. The quantitative estimate of drug-likeness (QED) is 0.823. The van der Waals surface area contributed by atoms with E-state index >= 15 is 0 Å². The van der Waals surface area contributed by atoms with Crippen LogP contribution >= 0.6 is 0 Å². The maximum absolute atomic E-state index is 9.41. The maximum atomic E-state index is 9.41. The highest BCUT2D eigenvalue weighted by Gasteiger charge is 2.13. The van der Waals surface area contributed by atoms with Crippen molar-refractivity contribution in [2.45, 2.75) is 33.2 Å². The molecule has 2 rings (SSSR count). The van der Waals surface area contributed by atoms with E-state index in [1.807, 2.05) is 38.1 Å². The first-order valence-electron chi connectivity index (χ1n) is 7.06. The molecule has 0 saturated heterocycles. The molecule has 0 amide bonds. The summed E-state index contributed by atoms with van der Waals surface area (Å²) in [4.78, 5) is 0. The van der Waals surface area contributed by atoms with E-state index in [1.54, 1.807) is 0 Å². The Balaban J connectivity index is 2.26. The summed E-state index contributed by atoms with van der Waals surface area (Å²) in [5.74, 6) is 0.536. The number of aryl methyl sites for hydroxylation is 1. The van der Waals surface area contributed by atoms with Crippen molar-refractivity contribution in [2.75, 3.05) is 11.1 Å². The van der Waals surface area contributed by atoms with Crippen LogP contribution in [0.2, 0.25) is 0 Å². The molecular weight excluding hydrogens is 262 g/mol. The molecule has 5 heteroatoms. The first kappa shape index (κ1) is 14.8. The van der Waals surface area contributed by atoms with E-state index in [1.165, 1.54) is 0 Å². The number of hydrogen-bond acceptors (Lipinski definition) is 5. The van der Waals surface area contributed by atoms with Crippen molar-refractivity contribution < 1.29 is 0 Å². The Kier molecular flexibility index (Phi) is 4.72. The lowest BCUT2D eigenvalue weighted by Gasteiger charge is -2.12. The molecule has 0 spiro atoms. The average molecular weight is 281 g/mol. The van der Waals surface area contributed by atoms with Crippen molar-refractivity contribution >= 4 is 11.5 Å². The van der Waals surface area contributed by atoms with E-state index in [4.69, 9.17) is 5.73 Å². The minimum absolute atomic E-state index is 0.536. The first-order chi connectivity index (χ1) is 10.2. The molecule has 0 aliphatic heterocycles. The van der Waals surface area contributed by atoms with Crippen LogP contribution in [0.25, 0.3) is 0 Å². The summed E-state index contributed by atoms with van der Waals surface area (Å²) >= 11 is 0. The highest BCUT2D eigenvalue weighted by Crippen LogP contribution is 2.20. The van der Waals surface area contributed by atoms with Crippen molar-refractivity contribution in [3.8, 4) is 6.07 Å². The van der Waals surface area contributed by atoms with Gasteiger partial charge in [0, 0.05) is 12.2 Å². The summed E-state index contributed by atoms with van der Waals surface area (Å²) in [6.07, 6.45) is 1.55. The van der Waals surface area contributed by atoms with Crippen molar-refractivity contribution in [2.24, 2.45) is 0 Å². The number of nitrogen functional groups attached to an aromatic ring is 1. The van der Waals surface area contributed by atoms with Gasteiger partial charge in [0.2, 0.25) is 0 Å². The standard InChI is InChI=1S/C16H19N5/c1-3-13-14(9-17)16(21-20-15(13)4-2)19-10-11-6-5-7-12(18)8-11/h5-8H,3-4,10,18H2,1-2H3,(H,19,21). The topological polar surface area (TPSA) is 87.6 Å². The van der Waals surface area contributed by atoms with Gasteiger partial charge in [-0.25, -0.2) is 0 Å². The summed E-state index contributed by atoms with van der Waals surface area (Å²) in [7, 11) is 0. The van der Waals surface area contributed by atoms with Crippen molar-refractivity contribution in [1.82, 2.24) is 10.2 Å². The van der Waals surface area contributed by atoms with Crippen molar-refractivity contribution in [1.29, 1.82) is 5.26 Å². The Morgan fingerprint density at radius 1 is 1.24 bits per heavy atom. The van der Waals surface area contributed by atoms with Crippen LogP contribution in [0.3, 0.4) is 0 Å². The molecule has 0 fully saturated rings. The third-order valence-electron chi connectivity index (χ3n) is 3.37. The number of aromatic nitrogens is 2. The van der Waals surface area contributed by atoms with E-state index in [2.05, 4.69) is 21.6 Å². The van der Waals surface area contributed by atoms with Gasteiger partial charge in [0.1, 0.15) is 11.6 Å². The molecule has 1 aromatic heterocycles. The van der Waals surface area contributed by atoms with Gasteiger partial charge in [-0.3, -0.25) is 0 Å². The van der Waals surface area contributed by atoms with E-state index in [0.29, 0.717) is 17.9 Å². The normalized spacial score (nSPS) is 10.1. The average Bonchev–Trinajstić information content (AvgIpc) is 2.51. The molecule has 0 aliphatic carbocycles. The van der Waals surface area contributed by atoms with E-state index in [0.717, 1.165) is 35.3 Å². The van der Waals surface area contributed by atoms with Gasteiger partial charge in [-0.15, -0.1) is 5.10 Å². The fourth-order valence-corrected chi connectivity index (χ4v) is 2.31. The van der Waals surface area contributed by atoms with Gasteiger partial charge in [-0.1, -0.05) is 26.0 Å². The fraction of sp³-hybridized carbons (Fsp3) is 0.312. The van der Waals surface area contributed by atoms with Gasteiger partial charge in [0.05, 0.1) is 5.69 Å². The predicted octanol–water partition coefficient (Wildman–Crippen LogP) is 2.67. The van der Waals surface area contributed by atoms with Crippen LogP contribution < -0.4 is 11.1 Å². The molecule has 21 heavy (non-hydrogen) atoms. The maximum Gasteiger partial charge on any atom is 0.167 e. The number of rotatable bonds is 5. The Morgan fingerprint density at radius 2 is 2.05 bits per heavy atom. The molecule has 5 nitrogen and oxygen atoms in total. The van der Waals surface area contributed by atoms with Crippen LogP contribution in [-0.4, -0.2) is 10.2 Å². The molecule has 1 heterocycles. The predicted molar refractivity (Wildman–Crippen MR) is 83.7 cm³/mol. The highest BCUT2D eigenvalue weighted by molar-refractivity contribution is 5.56. The Hall–Kier alpha value is -2.61. The minimum Gasteiger partial charge on any atom is -0.399 e. The van der Waals surface area contributed by atoms with Crippen LogP contribution in [0.4, 0.5) is 11.5 Å². The third kappa shape index (κ3) is 3.29. The number of nitrogens with one attached hydrogen (secondary N) is 1. The third-order valence-corrected chi connectivity index (χ3v) is 3.37. The molecule has 0 bridgehead atoms. The molecular formula is C16H19N5.